The number of halogens is 2. The van der Waals surface area contributed by atoms with E-state index in [1.807, 2.05) is 0 Å². The van der Waals surface area contributed by atoms with Gasteiger partial charge in [0.2, 0.25) is 11.8 Å². The van der Waals surface area contributed by atoms with E-state index in [0.717, 1.165) is 0 Å². The van der Waals surface area contributed by atoms with E-state index in [1.54, 1.807) is 25.3 Å². The highest BCUT2D eigenvalue weighted by molar-refractivity contribution is 6.42. The van der Waals surface area contributed by atoms with Gasteiger partial charge in [-0.15, -0.1) is 0 Å². The Morgan fingerprint density at radius 2 is 2.05 bits per heavy atom. The molecule has 6 nitrogen and oxygen atoms in total. The van der Waals surface area contributed by atoms with Crippen LogP contribution in [0.1, 0.15) is 18.4 Å². The van der Waals surface area contributed by atoms with E-state index < -0.39 is 5.91 Å². The average molecular weight is 346 g/mol. The van der Waals surface area contributed by atoms with Crippen LogP contribution in [0.15, 0.2) is 23.3 Å². The quantitative estimate of drug-likeness (QED) is 0.327. The maximum absolute atomic E-state index is 11.5. The highest BCUT2D eigenvalue weighted by atomic mass is 35.5. The van der Waals surface area contributed by atoms with Crippen LogP contribution in [0.25, 0.3) is 0 Å². The first-order valence-corrected chi connectivity index (χ1v) is 7.31. The molecule has 0 saturated carbocycles. The number of carbonyl (C=O) groups is 2. The number of carbonyl (C=O) groups excluding carboxylic acids is 2. The molecule has 0 aliphatic carbocycles. The molecule has 0 aliphatic rings. The van der Waals surface area contributed by atoms with Crippen molar-refractivity contribution in [3.63, 3.8) is 0 Å². The SMILES string of the molecule is COCCCNC(=O)CC(=O)N/N=C\c1ccc(Cl)c(Cl)c1. The largest absolute Gasteiger partial charge is 0.385 e. The lowest BCUT2D eigenvalue weighted by atomic mass is 10.2. The second kappa shape index (κ2) is 10.2. The van der Waals surface area contributed by atoms with E-state index in [0.29, 0.717) is 35.2 Å². The van der Waals surface area contributed by atoms with Gasteiger partial charge in [-0.05, 0) is 24.1 Å². The Kier molecular flexibility index (Phi) is 8.50. The number of nitrogens with one attached hydrogen (secondary N) is 2. The fraction of sp³-hybridized carbons (Fsp3) is 0.357. The van der Waals surface area contributed by atoms with Crippen molar-refractivity contribution in [3.8, 4) is 0 Å². The van der Waals surface area contributed by atoms with E-state index in [9.17, 15) is 9.59 Å². The number of benzene rings is 1. The smallest absolute Gasteiger partial charge is 0.249 e. The van der Waals surface area contributed by atoms with Crippen molar-refractivity contribution in [2.24, 2.45) is 5.10 Å². The summed E-state index contributed by atoms with van der Waals surface area (Å²) in [5, 5.41) is 7.19. The van der Waals surface area contributed by atoms with Crippen molar-refractivity contribution in [2.75, 3.05) is 20.3 Å². The fourth-order valence-electron chi connectivity index (χ4n) is 1.46. The van der Waals surface area contributed by atoms with Gasteiger partial charge in [0.15, 0.2) is 0 Å². The van der Waals surface area contributed by atoms with Crippen LogP contribution in [0.4, 0.5) is 0 Å². The normalized spacial score (nSPS) is 10.7. The maximum atomic E-state index is 11.5. The molecule has 2 N–H and O–H groups in total. The van der Waals surface area contributed by atoms with Gasteiger partial charge in [0.1, 0.15) is 6.42 Å². The Morgan fingerprint density at radius 1 is 1.27 bits per heavy atom. The lowest BCUT2D eigenvalue weighted by Crippen LogP contribution is -2.30. The van der Waals surface area contributed by atoms with E-state index in [-0.39, 0.29) is 12.3 Å². The molecule has 120 valence electrons. The molecule has 0 aliphatic heterocycles. The summed E-state index contributed by atoms with van der Waals surface area (Å²) in [7, 11) is 1.58. The Hall–Kier alpha value is -1.63. The number of nitrogens with zero attached hydrogens (tertiary/aromatic N) is 1. The van der Waals surface area contributed by atoms with Crippen LogP contribution in [0.5, 0.6) is 0 Å². The van der Waals surface area contributed by atoms with Crippen molar-refractivity contribution in [2.45, 2.75) is 12.8 Å². The van der Waals surface area contributed by atoms with E-state index in [1.165, 1.54) is 6.21 Å². The van der Waals surface area contributed by atoms with Gasteiger partial charge in [0.05, 0.1) is 16.3 Å². The summed E-state index contributed by atoms with van der Waals surface area (Å²) in [6, 6.07) is 4.94. The number of amides is 2. The summed E-state index contributed by atoms with van der Waals surface area (Å²) in [6.07, 6.45) is 1.82. The van der Waals surface area contributed by atoms with Crippen molar-refractivity contribution in [1.29, 1.82) is 0 Å². The third-order valence-electron chi connectivity index (χ3n) is 2.52. The lowest BCUT2D eigenvalue weighted by molar-refractivity contribution is -0.129. The number of rotatable bonds is 8. The van der Waals surface area contributed by atoms with Crippen LogP contribution in [0, 0.1) is 0 Å². The van der Waals surface area contributed by atoms with Crippen molar-refractivity contribution in [1.82, 2.24) is 10.7 Å². The molecule has 0 saturated heterocycles. The topological polar surface area (TPSA) is 79.8 Å². The minimum absolute atomic E-state index is 0.286. The second-order valence-corrected chi connectivity index (χ2v) is 5.15. The fourth-order valence-corrected chi connectivity index (χ4v) is 1.77. The maximum Gasteiger partial charge on any atom is 0.249 e. The zero-order valence-electron chi connectivity index (χ0n) is 12.1. The third kappa shape index (κ3) is 7.40. The van der Waals surface area contributed by atoms with Gasteiger partial charge in [0.25, 0.3) is 0 Å². The highest BCUT2D eigenvalue weighted by Crippen LogP contribution is 2.21. The van der Waals surface area contributed by atoms with Crippen LogP contribution in [-0.4, -0.2) is 38.3 Å². The molecule has 1 rings (SSSR count). The monoisotopic (exact) mass is 345 g/mol. The molecular formula is C14H17Cl2N3O3. The first-order valence-electron chi connectivity index (χ1n) is 6.55. The number of hydrazone groups is 1. The van der Waals surface area contributed by atoms with E-state index in [4.69, 9.17) is 27.9 Å². The van der Waals surface area contributed by atoms with Crippen molar-refractivity contribution < 1.29 is 14.3 Å². The molecule has 0 fully saturated rings. The number of methoxy groups -OCH3 is 1. The predicted molar refractivity (Wildman–Crippen MR) is 86.3 cm³/mol. The van der Waals surface area contributed by atoms with E-state index in [2.05, 4.69) is 15.8 Å². The standard InChI is InChI=1S/C14H17Cl2N3O3/c1-22-6-2-5-17-13(20)8-14(21)19-18-9-10-3-4-11(15)12(16)7-10/h3-4,7,9H,2,5-6,8H2,1H3,(H,17,20)(H,19,21)/b18-9-. The first-order chi connectivity index (χ1) is 10.5. The summed E-state index contributed by atoms with van der Waals surface area (Å²) in [5.41, 5.74) is 2.95. The molecule has 8 heteroatoms. The molecule has 0 heterocycles. The molecule has 0 bridgehead atoms. The van der Waals surface area contributed by atoms with Gasteiger partial charge < -0.3 is 10.1 Å². The number of hydrogen-bond acceptors (Lipinski definition) is 4. The summed E-state index contributed by atoms with van der Waals surface area (Å²) < 4.78 is 4.85. The summed E-state index contributed by atoms with van der Waals surface area (Å²) in [4.78, 5) is 22.9. The zero-order chi connectivity index (χ0) is 16.4. The Morgan fingerprint density at radius 3 is 2.73 bits per heavy atom. The van der Waals surface area contributed by atoms with Crippen molar-refractivity contribution in [3.05, 3.63) is 33.8 Å². The van der Waals surface area contributed by atoms with E-state index >= 15 is 0 Å². The second-order valence-electron chi connectivity index (χ2n) is 4.34. The van der Waals surface area contributed by atoms with Gasteiger partial charge in [0, 0.05) is 20.3 Å². The number of ether oxygens (including phenoxy) is 1. The molecule has 0 radical (unpaired) electrons. The van der Waals surface area contributed by atoms with Crippen LogP contribution in [0.3, 0.4) is 0 Å². The van der Waals surface area contributed by atoms with Crippen LogP contribution < -0.4 is 10.7 Å². The average Bonchev–Trinajstić information content (AvgIpc) is 2.47. The van der Waals surface area contributed by atoms with Crippen LogP contribution in [0.2, 0.25) is 10.0 Å². The van der Waals surface area contributed by atoms with Gasteiger partial charge in [-0.25, -0.2) is 5.43 Å². The molecule has 1 aromatic rings. The Labute approximate surface area is 138 Å². The lowest BCUT2D eigenvalue weighted by Gasteiger charge is -2.04. The molecule has 0 spiro atoms. The first kappa shape index (κ1) is 18.4. The van der Waals surface area contributed by atoms with Gasteiger partial charge >= 0.3 is 0 Å². The zero-order valence-corrected chi connectivity index (χ0v) is 13.6. The van der Waals surface area contributed by atoms with Crippen LogP contribution in [-0.2, 0) is 14.3 Å². The molecule has 0 aromatic heterocycles. The van der Waals surface area contributed by atoms with Crippen molar-refractivity contribution >= 4 is 41.2 Å². The molecule has 1 aromatic carbocycles. The molecule has 0 unspecified atom stereocenters. The molecule has 2 amide bonds. The van der Waals surface area contributed by atoms with Crippen LogP contribution >= 0.6 is 23.2 Å². The minimum Gasteiger partial charge on any atom is -0.385 e. The van der Waals surface area contributed by atoms with Gasteiger partial charge in [-0.3, -0.25) is 9.59 Å². The molecule has 0 atom stereocenters. The predicted octanol–water partition coefficient (Wildman–Crippen LogP) is 1.99. The third-order valence-corrected chi connectivity index (χ3v) is 3.25. The van der Waals surface area contributed by atoms with Gasteiger partial charge in [-0.2, -0.15) is 5.10 Å². The molecule has 22 heavy (non-hydrogen) atoms. The Balaban J connectivity index is 2.31. The summed E-state index contributed by atoms with van der Waals surface area (Å²) in [5.74, 6) is -0.862. The highest BCUT2D eigenvalue weighted by Gasteiger charge is 2.07. The molecular weight excluding hydrogens is 329 g/mol. The minimum atomic E-state index is -0.499. The number of hydrogen-bond donors (Lipinski definition) is 2. The Bertz CT molecular complexity index is 550. The summed E-state index contributed by atoms with van der Waals surface area (Å²) >= 11 is 11.6. The van der Waals surface area contributed by atoms with Gasteiger partial charge in [-0.1, -0.05) is 29.3 Å². The summed E-state index contributed by atoms with van der Waals surface area (Å²) in [6.45, 7) is 1.02.